The normalized spacial score (nSPS) is 10.0. The lowest BCUT2D eigenvalue weighted by Crippen LogP contribution is -2.14. The molecule has 0 spiro atoms. The summed E-state index contributed by atoms with van der Waals surface area (Å²) in [5, 5.41) is 2.81. The third-order valence-electron chi connectivity index (χ3n) is 2.56. The fraction of sp³-hybridized carbons (Fsp3) is 0.143. The molecular weight excluding hydrogens is 308 g/mol. The number of aromatic nitrogens is 1. The molecule has 0 saturated heterocycles. The molecule has 1 heterocycles. The number of methoxy groups -OCH3 is 1. The number of hydrogen-bond acceptors (Lipinski definition) is 3. The van der Waals surface area contributed by atoms with Crippen molar-refractivity contribution in [3.8, 4) is 5.75 Å². The van der Waals surface area contributed by atoms with Crippen molar-refractivity contribution in [3.63, 3.8) is 0 Å². The number of hydrogen-bond donors (Lipinski definition) is 1. The van der Waals surface area contributed by atoms with E-state index in [-0.39, 0.29) is 5.91 Å². The van der Waals surface area contributed by atoms with Crippen LogP contribution in [0.5, 0.6) is 5.75 Å². The van der Waals surface area contributed by atoms with Crippen LogP contribution in [0.3, 0.4) is 0 Å². The first kappa shape index (κ1) is 13.5. The average molecular weight is 321 g/mol. The number of amides is 1. The van der Waals surface area contributed by atoms with Crippen molar-refractivity contribution in [2.75, 3.05) is 12.4 Å². The second kappa shape index (κ2) is 6.33. The Bertz CT molecular complexity index is 570. The van der Waals surface area contributed by atoms with Gasteiger partial charge in [0.25, 0.3) is 0 Å². The fourth-order valence-electron chi connectivity index (χ4n) is 1.60. The summed E-state index contributed by atoms with van der Waals surface area (Å²) >= 11 is 3.29. The van der Waals surface area contributed by atoms with E-state index in [2.05, 4.69) is 26.2 Å². The minimum absolute atomic E-state index is 0.0844. The summed E-state index contributed by atoms with van der Waals surface area (Å²) in [6, 6.07) is 11.0. The number of ether oxygens (including phenoxy) is 1. The van der Waals surface area contributed by atoms with Crippen molar-refractivity contribution in [3.05, 3.63) is 52.8 Å². The second-order valence-electron chi connectivity index (χ2n) is 3.91. The summed E-state index contributed by atoms with van der Waals surface area (Å²) in [6.07, 6.45) is 1.97. The maximum absolute atomic E-state index is 11.9. The van der Waals surface area contributed by atoms with E-state index in [1.54, 1.807) is 25.4 Å². The SMILES string of the molecule is COc1ccc(CC(=O)Nc2cccnc2Br)cc1. The van der Waals surface area contributed by atoms with E-state index in [1.807, 2.05) is 24.3 Å². The lowest BCUT2D eigenvalue weighted by Gasteiger charge is -2.07. The van der Waals surface area contributed by atoms with Gasteiger partial charge < -0.3 is 10.1 Å². The van der Waals surface area contributed by atoms with E-state index >= 15 is 0 Å². The van der Waals surface area contributed by atoms with Gasteiger partial charge in [0.15, 0.2) is 0 Å². The summed E-state index contributed by atoms with van der Waals surface area (Å²) in [4.78, 5) is 15.9. The zero-order valence-corrected chi connectivity index (χ0v) is 12.0. The molecule has 0 fully saturated rings. The smallest absolute Gasteiger partial charge is 0.228 e. The highest BCUT2D eigenvalue weighted by Crippen LogP contribution is 2.18. The Labute approximate surface area is 119 Å². The quantitative estimate of drug-likeness (QED) is 0.881. The molecule has 19 heavy (non-hydrogen) atoms. The van der Waals surface area contributed by atoms with Gasteiger partial charge in [-0.15, -0.1) is 0 Å². The number of nitrogens with zero attached hydrogens (tertiary/aromatic N) is 1. The van der Waals surface area contributed by atoms with Crippen LogP contribution in [0, 0.1) is 0 Å². The molecular formula is C14H13BrN2O2. The van der Waals surface area contributed by atoms with Gasteiger partial charge in [-0.05, 0) is 45.8 Å². The summed E-state index contributed by atoms with van der Waals surface area (Å²) in [5.41, 5.74) is 1.60. The number of carbonyl (C=O) groups is 1. The number of nitrogens with one attached hydrogen (secondary N) is 1. The molecule has 2 rings (SSSR count). The Kier molecular flexibility index (Phi) is 4.52. The van der Waals surface area contributed by atoms with Crippen molar-refractivity contribution in [2.24, 2.45) is 0 Å². The maximum Gasteiger partial charge on any atom is 0.228 e. The first-order chi connectivity index (χ1) is 9.19. The summed E-state index contributed by atoms with van der Waals surface area (Å²) < 4.78 is 5.69. The van der Waals surface area contributed by atoms with Crippen LogP contribution in [0.4, 0.5) is 5.69 Å². The highest BCUT2D eigenvalue weighted by atomic mass is 79.9. The molecule has 4 nitrogen and oxygen atoms in total. The van der Waals surface area contributed by atoms with Crippen LogP contribution in [-0.2, 0) is 11.2 Å². The maximum atomic E-state index is 11.9. The van der Waals surface area contributed by atoms with Gasteiger partial charge in [-0.2, -0.15) is 0 Å². The molecule has 0 saturated carbocycles. The Hall–Kier alpha value is -1.88. The van der Waals surface area contributed by atoms with Gasteiger partial charge in [0.2, 0.25) is 5.91 Å². The Morgan fingerprint density at radius 2 is 2.05 bits per heavy atom. The van der Waals surface area contributed by atoms with Gasteiger partial charge in [-0.1, -0.05) is 12.1 Å². The van der Waals surface area contributed by atoms with Gasteiger partial charge in [0, 0.05) is 6.20 Å². The molecule has 1 N–H and O–H groups in total. The van der Waals surface area contributed by atoms with Crippen LogP contribution in [-0.4, -0.2) is 18.0 Å². The Morgan fingerprint density at radius 1 is 1.32 bits per heavy atom. The van der Waals surface area contributed by atoms with Crippen LogP contribution < -0.4 is 10.1 Å². The molecule has 0 bridgehead atoms. The lowest BCUT2D eigenvalue weighted by molar-refractivity contribution is -0.115. The molecule has 0 atom stereocenters. The van der Waals surface area contributed by atoms with E-state index in [0.717, 1.165) is 11.3 Å². The van der Waals surface area contributed by atoms with Gasteiger partial charge in [0.05, 0.1) is 19.2 Å². The number of benzene rings is 1. The van der Waals surface area contributed by atoms with Crippen molar-refractivity contribution < 1.29 is 9.53 Å². The monoisotopic (exact) mass is 320 g/mol. The molecule has 0 aliphatic rings. The molecule has 1 aromatic carbocycles. The summed E-state index contributed by atoms with van der Waals surface area (Å²) in [5.74, 6) is 0.693. The average Bonchev–Trinajstić information content (AvgIpc) is 2.42. The molecule has 1 amide bonds. The van der Waals surface area contributed by atoms with E-state index in [9.17, 15) is 4.79 Å². The topological polar surface area (TPSA) is 51.2 Å². The highest BCUT2D eigenvalue weighted by molar-refractivity contribution is 9.10. The van der Waals surface area contributed by atoms with Crippen molar-refractivity contribution in [1.82, 2.24) is 4.98 Å². The predicted octanol–water partition coefficient (Wildman–Crippen LogP) is 3.03. The Balaban J connectivity index is 1.99. The van der Waals surface area contributed by atoms with Crippen molar-refractivity contribution >= 4 is 27.5 Å². The molecule has 5 heteroatoms. The summed E-state index contributed by atoms with van der Waals surface area (Å²) in [7, 11) is 1.61. The van der Waals surface area contributed by atoms with E-state index < -0.39 is 0 Å². The lowest BCUT2D eigenvalue weighted by atomic mass is 10.1. The van der Waals surface area contributed by atoms with Crippen LogP contribution in [0.25, 0.3) is 0 Å². The summed E-state index contributed by atoms with van der Waals surface area (Å²) in [6.45, 7) is 0. The third kappa shape index (κ3) is 3.79. The molecule has 98 valence electrons. The number of pyridine rings is 1. The molecule has 2 aromatic rings. The standard InChI is InChI=1S/C14H13BrN2O2/c1-19-11-6-4-10(5-7-11)9-13(18)17-12-3-2-8-16-14(12)15/h2-8H,9H2,1H3,(H,17,18). The third-order valence-corrected chi connectivity index (χ3v) is 3.19. The van der Waals surface area contributed by atoms with E-state index in [4.69, 9.17) is 4.74 Å². The van der Waals surface area contributed by atoms with Crippen LogP contribution >= 0.6 is 15.9 Å². The van der Waals surface area contributed by atoms with Gasteiger partial charge in [-0.25, -0.2) is 4.98 Å². The van der Waals surface area contributed by atoms with Crippen LogP contribution in [0.2, 0.25) is 0 Å². The van der Waals surface area contributed by atoms with Crippen LogP contribution in [0.15, 0.2) is 47.2 Å². The largest absolute Gasteiger partial charge is 0.497 e. The van der Waals surface area contributed by atoms with Crippen LogP contribution in [0.1, 0.15) is 5.56 Å². The molecule has 0 aliphatic heterocycles. The first-order valence-corrected chi connectivity index (χ1v) is 6.51. The van der Waals surface area contributed by atoms with E-state index in [1.165, 1.54) is 0 Å². The zero-order valence-electron chi connectivity index (χ0n) is 10.4. The first-order valence-electron chi connectivity index (χ1n) is 5.72. The second-order valence-corrected chi connectivity index (χ2v) is 4.67. The number of halogens is 1. The van der Waals surface area contributed by atoms with Crippen molar-refractivity contribution in [2.45, 2.75) is 6.42 Å². The Morgan fingerprint density at radius 3 is 2.68 bits per heavy atom. The van der Waals surface area contributed by atoms with Gasteiger partial charge >= 0.3 is 0 Å². The van der Waals surface area contributed by atoms with Crippen molar-refractivity contribution in [1.29, 1.82) is 0 Å². The van der Waals surface area contributed by atoms with Gasteiger partial charge in [-0.3, -0.25) is 4.79 Å². The fourth-order valence-corrected chi connectivity index (χ4v) is 1.95. The minimum atomic E-state index is -0.0844. The predicted molar refractivity (Wildman–Crippen MR) is 77.3 cm³/mol. The number of carbonyl (C=O) groups excluding carboxylic acids is 1. The number of rotatable bonds is 4. The highest BCUT2D eigenvalue weighted by Gasteiger charge is 2.07. The minimum Gasteiger partial charge on any atom is -0.497 e. The van der Waals surface area contributed by atoms with Gasteiger partial charge in [0.1, 0.15) is 10.4 Å². The molecule has 0 radical (unpaired) electrons. The van der Waals surface area contributed by atoms with E-state index in [0.29, 0.717) is 16.7 Å². The molecule has 0 aliphatic carbocycles. The zero-order chi connectivity index (χ0) is 13.7. The molecule has 1 aromatic heterocycles. The molecule has 0 unspecified atom stereocenters. The number of anilines is 1.